The predicted octanol–water partition coefficient (Wildman–Crippen LogP) is -0.122. The smallest absolute Gasteiger partial charge is 0.328 e. The predicted molar refractivity (Wildman–Crippen MR) is 79.7 cm³/mol. The normalized spacial score (nSPS) is 13.2. The maximum absolute atomic E-state index is 12.0. The number of aliphatic hydroxyl groups is 1. The van der Waals surface area contributed by atoms with Gasteiger partial charge in [0.15, 0.2) is 11.9 Å². The van der Waals surface area contributed by atoms with Crippen molar-refractivity contribution in [1.29, 1.82) is 5.41 Å². The van der Waals surface area contributed by atoms with Crippen LogP contribution in [0.3, 0.4) is 0 Å². The summed E-state index contributed by atoms with van der Waals surface area (Å²) < 4.78 is 5.02. The number of aromatic nitrogens is 2. The monoisotopic (exact) mass is 324 g/mol. The zero-order valence-corrected chi connectivity index (χ0v) is 12.9. The number of carbonyl (C=O) groups is 3. The summed E-state index contributed by atoms with van der Waals surface area (Å²) in [4.78, 5) is 41.5. The van der Waals surface area contributed by atoms with E-state index in [1.165, 1.54) is 12.4 Å². The second-order valence-electron chi connectivity index (χ2n) is 5.07. The van der Waals surface area contributed by atoms with Gasteiger partial charge in [-0.3, -0.25) is 9.59 Å². The minimum atomic E-state index is -1.57. The summed E-state index contributed by atoms with van der Waals surface area (Å²) >= 11 is 0. The molecule has 0 aliphatic carbocycles. The number of amides is 1. The number of nitrogens with one attached hydrogen (secondary N) is 3. The molecule has 0 aromatic carbocycles. The van der Waals surface area contributed by atoms with Gasteiger partial charge in [0.25, 0.3) is 5.91 Å². The van der Waals surface area contributed by atoms with Crippen LogP contribution in [0, 0.1) is 5.41 Å². The van der Waals surface area contributed by atoms with Crippen LogP contribution in [0.15, 0.2) is 12.4 Å². The fraction of sp³-hybridized carbons (Fsp3) is 0.500. The van der Waals surface area contributed by atoms with Crippen LogP contribution in [0.5, 0.6) is 0 Å². The van der Waals surface area contributed by atoms with Crippen LogP contribution in [0.1, 0.15) is 38.6 Å². The first kappa shape index (κ1) is 18.5. The molecule has 1 amide bonds. The Balaban J connectivity index is 2.74. The molecule has 2 atom stereocenters. The van der Waals surface area contributed by atoms with Crippen molar-refractivity contribution in [2.24, 2.45) is 0 Å². The molecular weight excluding hydrogens is 304 g/mol. The van der Waals surface area contributed by atoms with Gasteiger partial charge in [0, 0.05) is 18.8 Å². The van der Waals surface area contributed by atoms with E-state index in [1.54, 1.807) is 13.8 Å². The van der Waals surface area contributed by atoms with Crippen molar-refractivity contribution < 1.29 is 24.2 Å². The third-order valence-electron chi connectivity index (χ3n) is 2.82. The van der Waals surface area contributed by atoms with E-state index in [-0.39, 0.29) is 18.7 Å². The summed E-state index contributed by atoms with van der Waals surface area (Å²) in [6, 6.07) is -1.10. The van der Waals surface area contributed by atoms with Crippen molar-refractivity contribution in [3.05, 3.63) is 18.2 Å². The summed E-state index contributed by atoms with van der Waals surface area (Å²) in [5.74, 6) is -1.99. The molecule has 0 bridgehead atoms. The van der Waals surface area contributed by atoms with Gasteiger partial charge in [0.2, 0.25) is 0 Å². The number of aromatic amines is 1. The number of esters is 1. The molecule has 1 aromatic rings. The minimum absolute atomic E-state index is 0.0314. The van der Waals surface area contributed by atoms with E-state index in [1.807, 2.05) is 0 Å². The Morgan fingerprint density at radius 1 is 1.48 bits per heavy atom. The standard InChI is InChI=1S/C14H20N4O5/c1-8(2)23-14(22)10(4-3-9(19)7-15)18-13(21)11(20)12-16-5-6-17-12/h5-8,10-11,15,20H,3-4H2,1-2H3,(H,16,17)(H,18,21)/t10-,11+/m0/s1. The van der Waals surface area contributed by atoms with Crippen LogP contribution in [-0.4, -0.2) is 51.1 Å². The number of ketones is 1. The molecule has 0 saturated carbocycles. The van der Waals surface area contributed by atoms with Gasteiger partial charge >= 0.3 is 5.97 Å². The first-order valence-electron chi connectivity index (χ1n) is 7.06. The van der Waals surface area contributed by atoms with E-state index in [4.69, 9.17) is 10.1 Å². The number of aliphatic hydroxyl groups excluding tert-OH is 1. The van der Waals surface area contributed by atoms with Crippen molar-refractivity contribution in [1.82, 2.24) is 15.3 Å². The van der Waals surface area contributed by atoms with Gasteiger partial charge in [-0.1, -0.05) is 0 Å². The van der Waals surface area contributed by atoms with Crippen LogP contribution >= 0.6 is 0 Å². The molecule has 1 aromatic heterocycles. The van der Waals surface area contributed by atoms with Gasteiger partial charge in [-0.25, -0.2) is 9.78 Å². The molecule has 0 aliphatic heterocycles. The number of hydrogen-bond donors (Lipinski definition) is 4. The largest absolute Gasteiger partial charge is 0.461 e. The zero-order chi connectivity index (χ0) is 17.4. The molecule has 1 rings (SSSR count). The Labute approximate surface area is 133 Å². The van der Waals surface area contributed by atoms with E-state index in [0.29, 0.717) is 6.21 Å². The van der Waals surface area contributed by atoms with Crippen LogP contribution in [0.25, 0.3) is 0 Å². The number of hydrogen-bond acceptors (Lipinski definition) is 7. The molecule has 9 nitrogen and oxygen atoms in total. The van der Waals surface area contributed by atoms with Crippen LogP contribution in [0.4, 0.5) is 0 Å². The fourth-order valence-electron chi connectivity index (χ4n) is 1.72. The second-order valence-corrected chi connectivity index (χ2v) is 5.07. The first-order chi connectivity index (χ1) is 10.8. The topological polar surface area (TPSA) is 145 Å². The molecule has 9 heteroatoms. The Hall–Kier alpha value is -2.55. The quantitative estimate of drug-likeness (QED) is 0.368. The lowest BCUT2D eigenvalue weighted by molar-refractivity contribution is -0.152. The lowest BCUT2D eigenvalue weighted by Gasteiger charge is -2.20. The Morgan fingerprint density at radius 3 is 2.70 bits per heavy atom. The summed E-state index contributed by atoms with van der Waals surface area (Å²) in [6.07, 6.45) is 1.37. The van der Waals surface area contributed by atoms with Crippen LogP contribution in [0.2, 0.25) is 0 Å². The van der Waals surface area contributed by atoms with Crippen LogP contribution < -0.4 is 5.32 Å². The molecule has 0 aliphatic rings. The summed E-state index contributed by atoms with van der Waals surface area (Å²) in [6.45, 7) is 3.30. The highest BCUT2D eigenvalue weighted by Crippen LogP contribution is 2.09. The summed E-state index contributed by atoms with van der Waals surface area (Å²) in [5, 5.41) is 19.0. The third-order valence-corrected chi connectivity index (χ3v) is 2.82. The summed E-state index contributed by atoms with van der Waals surface area (Å²) in [7, 11) is 0. The maximum Gasteiger partial charge on any atom is 0.328 e. The van der Waals surface area contributed by atoms with Gasteiger partial charge in [0.1, 0.15) is 11.9 Å². The minimum Gasteiger partial charge on any atom is -0.461 e. The Bertz CT molecular complexity index is 556. The highest BCUT2D eigenvalue weighted by Gasteiger charge is 2.28. The summed E-state index contributed by atoms with van der Waals surface area (Å²) in [5.41, 5.74) is 0. The number of carbonyl (C=O) groups excluding carboxylic acids is 3. The SMILES string of the molecule is CC(C)OC(=O)[C@H](CCC(=O)C=N)NC(=O)[C@H](O)c1ncc[nH]1. The Morgan fingerprint density at radius 2 is 2.17 bits per heavy atom. The van der Waals surface area contributed by atoms with Gasteiger partial charge < -0.3 is 25.6 Å². The average molecular weight is 324 g/mol. The fourth-order valence-corrected chi connectivity index (χ4v) is 1.72. The molecule has 0 spiro atoms. The second kappa shape index (κ2) is 8.79. The highest BCUT2D eigenvalue weighted by atomic mass is 16.5. The van der Waals surface area contributed by atoms with E-state index in [2.05, 4.69) is 15.3 Å². The number of Topliss-reactive ketones (excluding diaryl/α,β-unsaturated/α-hetero) is 1. The maximum atomic E-state index is 12.0. The van der Waals surface area contributed by atoms with E-state index >= 15 is 0 Å². The molecule has 0 saturated heterocycles. The average Bonchev–Trinajstić information content (AvgIpc) is 3.03. The molecular formula is C14H20N4O5. The van der Waals surface area contributed by atoms with Gasteiger partial charge in [-0.05, 0) is 20.3 Å². The number of ether oxygens (including phenoxy) is 1. The highest BCUT2D eigenvalue weighted by molar-refractivity contribution is 6.26. The molecule has 0 unspecified atom stereocenters. The molecule has 126 valence electrons. The number of nitrogens with zero attached hydrogens (tertiary/aromatic N) is 1. The molecule has 0 fully saturated rings. The van der Waals surface area contributed by atoms with Gasteiger partial charge in [-0.2, -0.15) is 0 Å². The number of imidazole rings is 1. The lowest BCUT2D eigenvalue weighted by atomic mass is 10.1. The number of H-pyrrole nitrogens is 1. The first-order valence-corrected chi connectivity index (χ1v) is 7.06. The van der Waals surface area contributed by atoms with E-state index < -0.39 is 35.9 Å². The van der Waals surface area contributed by atoms with Crippen molar-refractivity contribution in [2.45, 2.75) is 44.9 Å². The lowest BCUT2D eigenvalue weighted by Crippen LogP contribution is -2.45. The van der Waals surface area contributed by atoms with Crippen LogP contribution in [-0.2, 0) is 19.1 Å². The Kier molecular flexibility index (Phi) is 7.07. The number of rotatable bonds is 9. The molecule has 4 N–H and O–H groups in total. The van der Waals surface area contributed by atoms with E-state index in [0.717, 1.165) is 0 Å². The molecule has 1 heterocycles. The zero-order valence-electron chi connectivity index (χ0n) is 12.9. The van der Waals surface area contributed by atoms with Crippen molar-refractivity contribution in [2.75, 3.05) is 0 Å². The molecule has 0 radical (unpaired) electrons. The van der Waals surface area contributed by atoms with E-state index in [9.17, 15) is 19.5 Å². The van der Waals surface area contributed by atoms with Crippen molar-refractivity contribution >= 4 is 23.9 Å². The van der Waals surface area contributed by atoms with Crippen molar-refractivity contribution in [3.8, 4) is 0 Å². The van der Waals surface area contributed by atoms with Gasteiger partial charge in [0.05, 0.1) is 12.3 Å². The molecule has 23 heavy (non-hydrogen) atoms. The van der Waals surface area contributed by atoms with Crippen molar-refractivity contribution in [3.63, 3.8) is 0 Å². The van der Waals surface area contributed by atoms with Gasteiger partial charge in [-0.15, -0.1) is 0 Å². The third kappa shape index (κ3) is 5.99.